The zero-order valence-corrected chi connectivity index (χ0v) is 28.4. The fraction of sp³-hybridized carbons (Fsp3) is 0.0392. The van der Waals surface area contributed by atoms with Gasteiger partial charge in [-0.3, -0.25) is 4.98 Å². The number of benzene rings is 8. The van der Waals surface area contributed by atoms with Gasteiger partial charge in [0.15, 0.2) is 0 Å². The van der Waals surface area contributed by atoms with Crippen LogP contribution in [-0.4, -0.2) is 4.98 Å². The maximum absolute atomic E-state index is 4.75. The first-order valence-corrected chi connectivity index (χ1v) is 18.3. The number of nitrogens with zero attached hydrogens (tertiary/aromatic N) is 1. The van der Waals surface area contributed by atoms with Gasteiger partial charge in [-0.05, 0) is 158 Å². The number of rotatable bonds is 3. The van der Waals surface area contributed by atoms with Gasteiger partial charge in [-0.2, -0.15) is 0 Å². The van der Waals surface area contributed by atoms with Crippen molar-refractivity contribution in [1.29, 1.82) is 0 Å². The van der Waals surface area contributed by atoms with Gasteiger partial charge >= 0.3 is 0 Å². The van der Waals surface area contributed by atoms with E-state index >= 15 is 0 Å². The normalized spacial score (nSPS) is 13.3. The van der Waals surface area contributed by atoms with Crippen molar-refractivity contribution in [3.8, 4) is 22.3 Å². The summed E-state index contributed by atoms with van der Waals surface area (Å²) in [6, 6.07) is 56.5. The van der Waals surface area contributed by atoms with E-state index in [0.29, 0.717) is 0 Å². The van der Waals surface area contributed by atoms with E-state index < -0.39 is 0 Å². The molecule has 0 atom stereocenters. The highest BCUT2D eigenvalue weighted by molar-refractivity contribution is 6.45. The molecule has 12 rings (SSSR count). The van der Waals surface area contributed by atoms with Crippen molar-refractivity contribution < 1.29 is 0 Å². The van der Waals surface area contributed by atoms with Gasteiger partial charge < -0.3 is 0 Å². The lowest BCUT2D eigenvalue weighted by Gasteiger charge is -2.20. The molecule has 0 radical (unpaired) electrons. The van der Waals surface area contributed by atoms with Gasteiger partial charge in [0.05, 0.1) is 5.69 Å². The first-order chi connectivity index (χ1) is 25.8. The van der Waals surface area contributed by atoms with Gasteiger partial charge in [-0.15, -0.1) is 0 Å². The van der Waals surface area contributed by atoms with E-state index in [2.05, 4.69) is 152 Å². The molecule has 0 fully saturated rings. The second kappa shape index (κ2) is 10.5. The first kappa shape index (κ1) is 28.2. The molecule has 0 bridgehead atoms. The van der Waals surface area contributed by atoms with Crippen LogP contribution in [0.3, 0.4) is 0 Å². The third kappa shape index (κ3) is 3.70. The Morgan fingerprint density at radius 3 is 1.71 bits per heavy atom. The third-order valence-electron chi connectivity index (χ3n) is 11.9. The number of hydrogen-bond donors (Lipinski definition) is 0. The smallest absolute Gasteiger partial charge is 0.0661 e. The molecule has 11 aromatic rings. The molecule has 1 aliphatic carbocycles. The largest absolute Gasteiger partial charge is 0.257 e. The molecule has 1 heteroatoms. The van der Waals surface area contributed by atoms with Crippen LogP contribution < -0.4 is 0 Å². The van der Waals surface area contributed by atoms with Crippen LogP contribution in [0, 0.1) is 0 Å². The number of allylic oxidation sites excluding steroid dienone is 1. The molecule has 0 unspecified atom stereocenters. The Bertz CT molecular complexity index is 3250. The van der Waals surface area contributed by atoms with Crippen LogP contribution in [0.15, 0.2) is 158 Å². The van der Waals surface area contributed by atoms with Crippen molar-refractivity contribution in [2.24, 2.45) is 0 Å². The molecule has 1 nitrogen and oxygen atoms in total. The molecule has 52 heavy (non-hydrogen) atoms. The second-order valence-electron chi connectivity index (χ2n) is 14.5. The van der Waals surface area contributed by atoms with Gasteiger partial charge in [-0.1, -0.05) is 127 Å². The minimum atomic E-state index is 0.983. The van der Waals surface area contributed by atoms with Gasteiger partial charge in [0.25, 0.3) is 0 Å². The Labute approximate surface area is 300 Å². The highest BCUT2D eigenvalue weighted by Gasteiger charge is 2.28. The fourth-order valence-corrected chi connectivity index (χ4v) is 9.80. The molecule has 0 spiro atoms. The summed E-state index contributed by atoms with van der Waals surface area (Å²) in [6.45, 7) is 0. The van der Waals surface area contributed by atoms with Crippen LogP contribution in [0.4, 0.5) is 0 Å². The van der Waals surface area contributed by atoms with Crippen LogP contribution >= 0.6 is 0 Å². The highest BCUT2D eigenvalue weighted by Crippen LogP contribution is 2.55. The van der Waals surface area contributed by atoms with Crippen molar-refractivity contribution in [2.75, 3.05) is 0 Å². The Balaban J connectivity index is 1.36. The standard InChI is InChI=1S/C51H31N/c1-3-13-30(14-4-1)45-43-29-41-35-18-8-7-17-34(35)36-19-11-21-38(47(36)41)49(43)46(31-15-5-2-6-16-31)51-42-27-32-24-25-33(44-23-9-10-26-52-44)28-40(32)37-20-12-22-39(48(37)42)50(45)51/h1-23,26-29H,24-25H2. The van der Waals surface area contributed by atoms with Crippen molar-refractivity contribution in [1.82, 2.24) is 4.98 Å². The van der Waals surface area contributed by atoms with Crippen LogP contribution in [0.5, 0.6) is 0 Å². The lowest BCUT2D eigenvalue weighted by molar-refractivity contribution is 0.997. The van der Waals surface area contributed by atoms with E-state index in [1.165, 1.54) is 114 Å². The van der Waals surface area contributed by atoms with Crippen molar-refractivity contribution >= 4 is 87.1 Å². The third-order valence-corrected chi connectivity index (χ3v) is 11.9. The molecule has 0 saturated heterocycles. The monoisotopic (exact) mass is 657 g/mol. The van der Waals surface area contributed by atoms with Crippen LogP contribution in [-0.2, 0) is 6.42 Å². The van der Waals surface area contributed by atoms with E-state index in [-0.39, 0.29) is 0 Å². The summed E-state index contributed by atoms with van der Waals surface area (Å²) in [7, 11) is 0. The van der Waals surface area contributed by atoms with Crippen molar-refractivity contribution in [3.05, 3.63) is 175 Å². The molecule has 240 valence electrons. The predicted molar refractivity (Wildman–Crippen MR) is 223 cm³/mol. The number of aryl methyl sites for hydroxylation is 1. The molecule has 0 N–H and O–H groups in total. The topological polar surface area (TPSA) is 12.9 Å². The molecule has 1 aromatic heterocycles. The summed E-state index contributed by atoms with van der Waals surface area (Å²) in [4.78, 5) is 4.75. The quantitative estimate of drug-likeness (QED) is 0.172. The number of pyridine rings is 1. The number of fused-ring (bicyclic) bond motifs is 10. The zero-order valence-electron chi connectivity index (χ0n) is 28.4. The number of aromatic nitrogens is 1. The van der Waals surface area contributed by atoms with Gasteiger partial charge in [0, 0.05) is 6.20 Å². The van der Waals surface area contributed by atoms with Crippen LogP contribution in [0.1, 0.15) is 23.2 Å². The molecule has 1 aliphatic rings. The maximum Gasteiger partial charge on any atom is 0.0661 e. The van der Waals surface area contributed by atoms with E-state index in [0.717, 1.165) is 18.5 Å². The minimum Gasteiger partial charge on any atom is -0.257 e. The van der Waals surface area contributed by atoms with Crippen molar-refractivity contribution in [3.63, 3.8) is 0 Å². The van der Waals surface area contributed by atoms with Crippen molar-refractivity contribution in [2.45, 2.75) is 12.8 Å². The summed E-state index contributed by atoms with van der Waals surface area (Å²) in [6.07, 6.45) is 6.31. The van der Waals surface area contributed by atoms with E-state index in [1.54, 1.807) is 0 Å². The maximum atomic E-state index is 4.75. The lowest BCUT2D eigenvalue weighted by Crippen LogP contribution is -2.01. The van der Waals surface area contributed by atoms with Gasteiger partial charge in [0.2, 0.25) is 0 Å². The highest BCUT2D eigenvalue weighted by atomic mass is 14.7. The predicted octanol–water partition coefficient (Wildman–Crippen LogP) is 13.9. The van der Waals surface area contributed by atoms with E-state index in [1.807, 2.05) is 12.3 Å². The molecule has 10 aromatic carbocycles. The van der Waals surface area contributed by atoms with Crippen LogP contribution in [0.25, 0.3) is 109 Å². The molecule has 0 amide bonds. The Hall–Kier alpha value is -6.57. The summed E-state index contributed by atoms with van der Waals surface area (Å²) < 4.78 is 0. The molecular formula is C51H31N. The Morgan fingerprint density at radius 1 is 0.365 bits per heavy atom. The lowest BCUT2D eigenvalue weighted by atomic mass is 9.83. The summed E-state index contributed by atoms with van der Waals surface area (Å²) >= 11 is 0. The fourth-order valence-electron chi connectivity index (χ4n) is 9.80. The molecule has 1 heterocycles. The second-order valence-corrected chi connectivity index (χ2v) is 14.5. The SMILES string of the molecule is C1=C(c2ccccn2)CCc2cc3c4c(-c5ccccc5)c5c(cc6c7ccccc7c7cccc5c76)c(-c5ccccc5)c4c4cccc(c21)c43. The Morgan fingerprint density at radius 2 is 0.962 bits per heavy atom. The average molecular weight is 658 g/mol. The Kier molecular flexibility index (Phi) is 5.67. The van der Waals surface area contributed by atoms with Crippen LogP contribution in [0.2, 0.25) is 0 Å². The first-order valence-electron chi connectivity index (χ1n) is 18.3. The van der Waals surface area contributed by atoms with E-state index in [9.17, 15) is 0 Å². The van der Waals surface area contributed by atoms with Gasteiger partial charge in [0.1, 0.15) is 0 Å². The summed E-state index contributed by atoms with van der Waals surface area (Å²) in [5, 5.41) is 18.8. The molecular weight excluding hydrogens is 627 g/mol. The number of hydrogen-bond acceptors (Lipinski definition) is 1. The zero-order chi connectivity index (χ0) is 33.9. The average Bonchev–Trinajstić information content (AvgIpc) is 3.72. The van der Waals surface area contributed by atoms with E-state index in [4.69, 9.17) is 4.98 Å². The summed E-state index contributed by atoms with van der Waals surface area (Å²) in [5.74, 6) is 0. The summed E-state index contributed by atoms with van der Waals surface area (Å²) in [5.41, 5.74) is 10.3. The molecule has 0 saturated carbocycles. The van der Waals surface area contributed by atoms with Gasteiger partial charge in [-0.25, -0.2) is 0 Å². The minimum absolute atomic E-state index is 0.983. The molecule has 0 aliphatic heterocycles.